The first-order valence-corrected chi connectivity index (χ1v) is 10.8. The van der Waals surface area contributed by atoms with Gasteiger partial charge in [0.15, 0.2) is 0 Å². The number of carbonyl (C=O) groups excluding carboxylic acids is 1. The topological polar surface area (TPSA) is 75.7 Å². The fourth-order valence-electron chi connectivity index (χ4n) is 2.38. The molecule has 0 heterocycles. The van der Waals surface area contributed by atoms with Crippen LogP contribution in [-0.2, 0) is 14.8 Å². The van der Waals surface area contributed by atoms with Gasteiger partial charge in [0.2, 0.25) is 5.91 Å². The molecular weight excluding hydrogens is 423 g/mol. The number of benzene rings is 2. The first-order chi connectivity index (χ1) is 13.2. The highest BCUT2D eigenvalue weighted by Crippen LogP contribution is 2.29. The number of hydrogen-bond donors (Lipinski definition) is 1. The maximum atomic E-state index is 13.3. The normalized spacial score (nSPS) is 12.3. The quantitative estimate of drug-likeness (QED) is 0.664. The summed E-state index contributed by atoms with van der Waals surface area (Å²) >= 11 is 11.9. The highest BCUT2D eigenvalue weighted by atomic mass is 35.5. The predicted molar refractivity (Wildman–Crippen MR) is 112 cm³/mol. The lowest BCUT2D eigenvalue weighted by molar-refractivity contribution is -0.120. The number of nitrogens with zero attached hydrogens (tertiary/aromatic N) is 1. The second-order valence-electron chi connectivity index (χ2n) is 6.16. The first kappa shape index (κ1) is 22.3. The molecule has 0 aliphatic heterocycles. The van der Waals surface area contributed by atoms with E-state index in [1.54, 1.807) is 24.3 Å². The van der Waals surface area contributed by atoms with Crippen molar-refractivity contribution in [1.29, 1.82) is 0 Å². The number of nitrogens with one attached hydrogen (secondary N) is 1. The van der Waals surface area contributed by atoms with Gasteiger partial charge in [-0.2, -0.15) is 0 Å². The molecule has 0 bridgehead atoms. The highest BCUT2D eigenvalue weighted by molar-refractivity contribution is 7.92. The van der Waals surface area contributed by atoms with Crippen molar-refractivity contribution in [2.75, 3.05) is 18.0 Å². The van der Waals surface area contributed by atoms with Crippen LogP contribution in [0.4, 0.5) is 5.69 Å². The van der Waals surface area contributed by atoms with Crippen LogP contribution in [-0.4, -0.2) is 34.0 Å². The van der Waals surface area contributed by atoms with Crippen LogP contribution in [0.15, 0.2) is 47.4 Å². The molecule has 2 aromatic carbocycles. The van der Waals surface area contributed by atoms with E-state index in [9.17, 15) is 13.2 Å². The third-order valence-electron chi connectivity index (χ3n) is 4.15. The minimum Gasteiger partial charge on any atom is -0.497 e. The summed E-state index contributed by atoms with van der Waals surface area (Å²) in [6.45, 7) is 3.40. The van der Waals surface area contributed by atoms with Crippen LogP contribution in [0, 0.1) is 0 Å². The Morgan fingerprint density at radius 2 is 1.79 bits per heavy atom. The summed E-state index contributed by atoms with van der Waals surface area (Å²) in [4.78, 5) is 12.4. The molecule has 0 radical (unpaired) electrons. The fourth-order valence-corrected chi connectivity index (χ4v) is 4.19. The lowest BCUT2D eigenvalue weighted by Crippen LogP contribution is -2.43. The van der Waals surface area contributed by atoms with Gasteiger partial charge in [-0.05, 0) is 55.8 Å². The zero-order chi connectivity index (χ0) is 20.9. The van der Waals surface area contributed by atoms with Crippen LogP contribution in [0.1, 0.15) is 20.3 Å². The number of rotatable bonds is 8. The number of amides is 1. The van der Waals surface area contributed by atoms with E-state index in [1.807, 2.05) is 13.8 Å². The molecule has 28 heavy (non-hydrogen) atoms. The third kappa shape index (κ3) is 5.31. The second-order valence-corrected chi connectivity index (χ2v) is 8.84. The SMILES string of the molecule is CCC(C)NC(=O)CN(c1ccc(OC)cc1)S(=O)(=O)c1ccc(Cl)c(Cl)c1. The van der Waals surface area contributed by atoms with E-state index in [-0.39, 0.29) is 27.5 Å². The summed E-state index contributed by atoms with van der Waals surface area (Å²) in [6, 6.07) is 10.3. The van der Waals surface area contributed by atoms with Gasteiger partial charge in [0, 0.05) is 6.04 Å². The Hall–Kier alpha value is -1.96. The molecule has 0 aromatic heterocycles. The maximum absolute atomic E-state index is 13.3. The van der Waals surface area contributed by atoms with Crippen molar-refractivity contribution >= 4 is 44.8 Å². The second kappa shape index (κ2) is 9.49. The van der Waals surface area contributed by atoms with Crippen molar-refractivity contribution in [1.82, 2.24) is 5.32 Å². The maximum Gasteiger partial charge on any atom is 0.264 e. The van der Waals surface area contributed by atoms with Crippen LogP contribution in [0.5, 0.6) is 5.75 Å². The van der Waals surface area contributed by atoms with Gasteiger partial charge < -0.3 is 10.1 Å². The zero-order valence-corrected chi connectivity index (χ0v) is 18.1. The molecule has 2 rings (SSSR count). The van der Waals surface area contributed by atoms with Crippen molar-refractivity contribution < 1.29 is 17.9 Å². The third-order valence-corrected chi connectivity index (χ3v) is 6.66. The molecule has 0 saturated heterocycles. The summed E-state index contributed by atoms with van der Waals surface area (Å²) in [5.41, 5.74) is 0.325. The molecule has 1 N–H and O–H groups in total. The number of halogens is 2. The molecule has 152 valence electrons. The molecule has 1 unspecified atom stereocenters. The van der Waals surface area contributed by atoms with E-state index >= 15 is 0 Å². The summed E-state index contributed by atoms with van der Waals surface area (Å²) in [5, 5.41) is 3.13. The Labute approximate surface area is 175 Å². The van der Waals surface area contributed by atoms with E-state index in [0.29, 0.717) is 11.4 Å². The van der Waals surface area contributed by atoms with Crippen LogP contribution in [0.2, 0.25) is 10.0 Å². The molecule has 0 fully saturated rings. The molecule has 2 aromatic rings. The smallest absolute Gasteiger partial charge is 0.264 e. The van der Waals surface area contributed by atoms with Crippen molar-refractivity contribution in [2.45, 2.75) is 31.2 Å². The van der Waals surface area contributed by atoms with Gasteiger partial charge in [-0.15, -0.1) is 0 Å². The Kier molecular flexibility index (Phi) is 7.57. The molecule has 1 atom stereocenters. The average Bonchev–Trinajstić information content (AvgIpc) is 2.68. The summed E-state index contributed by atoms with van der Waals surface area (Å²) in [7, 11) is -2.55. The Balaban J connectivity index is 2.46. The lowest BCUT2D eigenvalue weighted by Gasteiger charge is -2.25. The molecular formula is C19H22Cl2N2O4S. The van der Waals surface area contributed by atoms with Crippen molar-refractivity contribution in [3.05, 3.63) is 52.5 Å². The molecule has 6 nitrogen and oxygen atoms in total. The standard InChI is InChI=1S/C19H22Cl2N2O4S/c1-4-13(2)22-19(24)12-23(14-5-7-15(27-3)8-6-14)28(25,26)16-9-10-17(20)18(21)11-16/h5-11,13H,4,12H2,1-3H3,(H,22,24). The van der Waals surface area contributed by atoms with Gasteiger partial charge in [-0.1, -0.05) is 30.1 Å². The van der Waals surface area contributed by atoms with E-state index in [4.69, 9.17) is 27.9 Å². The van der Waals surface area contributed by atoms with Gasteiger partial charge in [0.1, 0.15) is 12.3 Å². The first-order valence-electron chi connectivity index (χ1n) is 8.60. The number of ether oxygens (including phenoxy) is 1. The number of carbonyl (C=O) groups is 1. The number of hydrogen-bond acceptors (Lipinski definition) is 4. The summed E-state index contributed by atoms with van der Waals surface area (Å²) in [5.74, 6) is 0.161. The van der Waals surface area contributed by atoms with Crippen LogP contribution < -0.4 is 14.4 Å². The van der Waals surface area contributed by atoms with Crippen LogP contribution >= 0.6 is 23.2 Å². The van der Waals surface area contributed by atoms with Gasteiger partial charge in [-0.3, -0.25) is 9.10 Å². The number of sulfonamides is 1. The molecule has 0 spiro atoms. The van der Waals surface area contributed by atoms with Crippen molar-refractivity contribution in [3.8, 4) is 5.75 Å². The predicted octanol–water partition coefficient (Wildman–Crippen LogP) is 4.11. The fraction of sp³-hybridized carbons (Fsp3) is 0.316. The number of methoxy groups -OCH3 is 1. The summed E-state index contributed by atoms with van der Waals surface area (Å²) in [6.07, 6.45) is 0.730. The van der Waals surface area contributed by atoms with Gasteiger partial charge >= 0.3 is 0 Å². The molecule has 9 heteroatoms. The van der Waals surface area contributed by atoms with Gasteiger partial charge in [0.05, 0.1) is 27.7 Å². The molecule has 1 amide bonds. The number of anilines is 1. The Morgan fingerprint density at radius 3 is 2.32 bits per heavy atom. The minimum atomic E-state index is -4.06. The molecule has 0 aliphatic carbocycles. The molecule has 0 aliphatic rings. The van der Waals surface area contributed by atoms with Crippen LogP contribution in [0.3, 0.4) is 0 Å². The van der Waals surface area contributed by atoms with Crippen LogP contribution in [0.25, 0.3) is 0 Å². The highest BCUT2D eigenvalue weighted by Gasteiger charge is 2.28. The lowest BCUT2D eigenvalue weighted by atomic mass is 10.2. The zero-order valence-electron chi connectivity index (χ0n) is 15.8. The van der Waals surface area contributed by atoms with E-state index in [2.05, 4.69) is 5.32 Å². The van der Waals surface area contributed by atoms with E-state index in [1.165, 1.54) is 25.3 Å². The Morgan fingerprint density at radius 1 is 1.14 bits per heavy atom. The van der Waals surface area contributed by atoms with Gasteiger partial charge in [0.25, 0.3) is 10.0 Å². The monoisotopic (exact) mass is 444 g/mol. The van der Waals surface area contributed by atoms with Crippen molar-refractivity contribution in [2.24, 2.45) is 0 Å². The van der Waals surface area contributed by atoms with E-state index in [0.717, 1.165) is 10.7 Å². The largest absolute Gasteiger partial charge is 0.497 e. The Bertz CT molecular complexity index is 933. The van der Waals surface area contributed by atoms with Crippen molar-refractivity contribution in [3.63, 3.8) is 0 Å². The summed E-state index contributed by atoms with van der Waals surface area (Å²) < 4.78 is 32.7. The minimum absolute atomic E-state index is 0.0611. The average molecular weight is 445 g/mol. The van der Waals surface area contributed by atoms with Gasteiger partial charge in [-0.25, -0.2) is 8.42 Å². The van der Waals surface area contributed by atoms with E-state index < -0.39 is 15.9 Å². The molecule has 0 saturated carbocycles.